The topological polar surface area (TPSA) is 62.8 Å². The monoisotopic (exact) mass is 279 g/mol. The first-order valence-corrected chi connectivity index (χ1v) is 6.67. The molecule has 2 amide bonds. The van der Waals surface area contributed by atoms with Crippen molar-refractivity contribution in [3.05, 3.63) is 24.3 Å². The van der Waals surface area contributed by atoms with Gasteiger partial charge < -0.3 is 25.0 Å². The van der Waals surface area contributed by atoms with Crippen LogP contribution in [-0.4, -0.2) is 57.4 Å². The number of likely N-dealkylation sites (N-methyl/N-ethyl adjacent to an activating group) is 1. The summed E-state index contributed by atoms with van der Waals surface area (Å²) in [4.78, 5) is 13.7. The van der Waals surface area contributed by atoms with Gasteiger partial charge in [0.2, 0.25) is 0 Å². The normalized spacial score (nSPS) is 18.4. The van der Waals surface area contributed by atoms with Crippen LogP contribution < -0.4 is 15.4 Å². The average molecular weight is 279 g/mol. The summed E-state index contributed by atoms with van der Waals surface area (Å²) in [6, 6.07) is 7.12. The van der Waals surface area contributed by atoms with Gasteiger partial charge in [0.25, 0.3) is 0 Å². The van der Waals surface area contributed by atoms with Crippen molar-refractivity contribution in [3.8, 4) is 5.75 Å². The SMILES string of the molecule is COc1cccc(NC(=O)N(C)CC2CNCCO2)c1. The van der Waals surface area contributed by atoms with Crippen LogP contribution in [0, 0.1) is 0 Å². The molecule has 0 bridgehead atoms. The van der Waals surface area contributed by atoms with Crippen LogP contribution in [0.3, 0.4) is 0 Å². The first-order chi connectivity index (χ1) is 9.69. The highest BCUT2D eigenvalue weighted by Crippen LogP contribution is 2.17. The molecule has 6 nitrogen and oxygen atoms in total. The van der Waals surface area contributed by atoms with Crippen molar-refractivity contribution in [2.24, 2.45) is 0 Å². The van der Waals surface area contributed by atoms with E-state index in [2.05, 4.69) is 10.6 Å². The van der Waals surface area contributed by atoms with Gasteiger partial charge >= 0.3 is 6.03 Å². The molecule has 1 aliphatic rings. The van der Waals surface area contributed by atoms with E-state index in [0.717, 1.165) is 13.1 Å². The number of rotatable bonds is 4. The van der Waals surface area contributed by atoms with E-state index < -0.39 is 0 Å². The van der Waals surface area contributed by atoms with Gasteiger partial charge in [0.15, 0.2) is 0 Å². The number of nitrogens with zero attached hydrogens (tertiary/aromatic N) is 1. The molecule has 1 unspecified atom stereocenters. The molecule has 2 N–H and O–H groups in total. The molecule has 1 aromatic rings. The molecule has 6 heteroatoms. The summed E-state index contributed by atoms with van der Waals surface area (Å²) < 4.78 is 10.7. The third-order valence-corrected chi connectivity index (χ3v) is 3.15. The number of nitrogens with one attached hydrogen (secondary N) is 2. The number of benzene rings is 1. The molecular formula is C14H21N3O3. The smallest absolute Gasteiger partial charge is 0.321 e. The highest BCUT2D eigenvalue weighted by Gasteiger charge is 2.18. The number of hydrogen-bond donors (Lipinski definition) is 2. The second kappa shape index (κ2) is 7.12. The molecule has 0 spiro atoms. The zero-order valence-corrected chi connectivity index (χ0v) is 11.9. The number of anilines is 1. The van der Waals surface area contributed by atoms with Crippen LogP contribution in [-0.2, 0) is 4.74 Å². The van der Waals surface area contributed by atoms with E-state index in [1.165, 1.54) is 0 Å². The Labute approximate surface area is 119 Å². The van der Waals surface area contributed by atoms with Gasteiger partial charge in [-0.25, -0.2) is 4.79 Å². The highest BCUT2D eigenvalue weighted by molar-refractivity contribution is 5.89. The summed E-state index contributed by atoms with van der Waals surface area (Å²) in [5.41, 5.74) is 0.712. The maximum absolute atomic E-state index is 12.1. The largest absolute Gasteiger partial charge is 0.497 e. The van der Waals surface area contributed by atoms with E-state index in [9.17, 15) is 4.79 Å². The number of urea groups is 1. The van der Waals surface area contributed by atoms with E-state index in [0.29, 0.717) is 24.6 Å². The van der Waals surface area contributed by atoms with Crippen LogP contribution in [0.15, 0.2) is 24.3 Å². The maximum atomic E-state index is 12.1. The number of morpholine rings is 1. The van der Waals surface area contributed by atoms with Crippen LogP contribution in [0.4, 0.5) is 10.5 Å². The molecule has 1 saturated heterocycles. The van der Waals surface area contributed by atoms with Crippen molar-refractivity contribution in [2.75, 3.05) is 45.7 Å². The first kappa shape index (κ1) is 14.6. The summed E-state index contributed by atoms with van der Waals surface area (Å²) >= 11 is 0. The van der Waals surface area contributed by atoms with Crippen molar-refractivity contribution in [3.63, 3.8) is 0 Å². The van der Waals surface area contributed by atoms with E-state index >= 15 is 0 Å². The molecule has 20 heavy (non-hydrogen) atoms. The number of hydrogen-bond acceptors (Lipinski definition) is 4. The van der Waals surface area contributed by atoms with Crippen LogP contribution in [0.2, 0.25) is 0 Å². The van der Waals surface area contributed by atoms with E-state index in [1.54, 1.807) is 25.1 Å². The Morgan fingerprint density at radius 1 is 1.60 bits per heavy atom. The Morgan fingerprint density at radius 3 is 3.15 bits per heavy atom. The molecule has 0 saturated carbocycles. The van der Waals surface area contributed by atoms with E-state index in [1.807, 2.05) is 18.2 Å². The van der Waals surface area contributed by atoms with Gasteiger partial charge in [0.1, 0.15) is 5.75 Å². The minimum atomic E-state index is -0.160. The summed E-state index contributed by atoms with van der Waals surface area (Å²) in [5.74, 6) is 0.713. The molecule has 2 rings (SSSR count). The van der Waals surface area contributed by atoms with Gasteiger partial charge in [-0.2, -0.15) is 0 Å². The molecule has 0 aromatic heterocycles. The van der Waals surface area contributed by atoms with E-state index in [-0.39, 0.29) is 12.1 Å². The van der Waals surface area contributed by atoms with Crippen LogP contribution in [0.5, 0.6) is 5.75 Å². The molecule has 1 atom stereocenters. The van der Waals surface area contributed by atoms with Crippen molar-refractivity contribution in [1.29, 1.82) is 0 Å². The Morgan fingerprint density at radius 2 is 2.45 bits per heavy atom. The molecule has 0 aliphatic carbocycles. The summed E-state index contributed by atoms with van der Waals surface area (Å²) in [5, 5.41) is 6.08. The fraction of sp³-hybridized carbons (Fsp3) is 0.500. The predicted octanol–water partition coefficient (Wildman–Crippen LogP) is 1.15. The van der Waals surface area contributed by atoms with Crippen molar-refractivity contribution in [1.82, 2.24) is 10.2 Å². The molecular weight excluding hydrogens is 258 g/mol. The predicted molar refractivity (Wildman–Crippen MR) is 77.3 cm³/mol. The third-order valence-electron chi connectivity index (χ3n) is 3.15. The maximum Gasteiger partial charge on any atom is 0.321 e. The van der Waals surface area contributed by atoms with Crippen molar-refractivity contribution in [2.45, 2.75) is 6.10 Å². The van der Waals surface area contributed by atoms with E-state index in [4.69, 9.17) is 9.47 Å². The highest BCUT2D eigenvalue weighted by atomic mass is 16.5. The van der Waals surface area contributed by atoms with Crippen molar-refractivity contribution >= 4 is 11.7 Å². The van der Waals surface area contributed by atoms with Gasteiger partial charge in [-0.3, -0.25) is 0 Å². The molecule has 1 fully saturated rings. The number of methoxy groups -OCH3 is 1. The first-order valence-electron chi connectivity index (χ1n) is 6.67. The quantitative estimate of drug-likeness (QED) is 0.868. The zero-order chi connectivity index (χ0) is 14.4. The fourth-order valence-corrected chi connectivity index (χ4v) is 2.05. The van der Waals surface area contributed by atoms with Gasteiger partial charge in [-0.1, -0.05) is 6.07 Å². The zero-order valence-electron chi connectivity index (χ0n) is 11.9. The van der Waals surface area contributed by atoms with Crippen LogP contribution in [0.1, 0.15) is 0 Å². The second-order valence-electron chi connectivity index (χ2n) is 4.74. The van der Waals surface area contributed by atoms with Crippen LogP contribution >= 0.6 is 0 Å². The third kappa shape index (κ3) is 4.11. The average Bonchev–Trinajstić information content (AvgIpc) is 2.48. The molecule has 110 valence electrons. The lowest BCUT2D eigenvalue weighted by Crippen LogP contribution is -2.46. The Bertz CT molecular complexity index is 447. The minimum Gasteiger partial charge on any atom is -0.497 e. The van der Waals surface area contributed by atoms with Crippen LogP contribution in [0.25, 0.3) is 0 Å². The number of amides is 2. The van der Waals surface area contributed by atoms with Crippen molar-refractivity contribution < 1.29 is 14.3 Å². The summed E-state index contributed by atoms with van der Waals surface area (Å²) in [6.07, 6.45) is 0.0461. The number of ether oxygens (including phenoxy) is 2. The molecule has 1 aliphatic heterocycles. The van der Waals surface area contributed by atoms with Gasteiger partial charge in [-0.05, 0) is 12.1 Å². The Balaban J connectivity index is 1.86. The van der Waals surface area contributed by atoms with Gasteiger partial charge in [-0.15, -0.1) is 0 Å². The minimum absolute atomic E-state index is 0.0461. The Hall–Kier alpha value is -1.79. The lowest BCUT2D eigenvalue weighted by molar-refractivity contribution is 0.0164. The summed E-state index contributed by atoms with van der Waals surface area (Å²) in [7, 11) is 3.36. The molecule has 0 radical (unpaired) electrons. The molecule has 1 heterocycles. The molecule has 1 aromatic carbocycles. The van der Waals surface area contributed by atoms with Gasteiger partial charge in [0, 0.05) is 38.4 Å². The second-order valence-corrected chi connectivity index (χ2v) is 4.74. The number of carbonyl (C=O) groups is 1. The Kier molecular flexibility index (Phi) is 5.20. The van der Waals surface area contributed by atoms with Gasteiger partial charge in [0.05, 0.1) is 19.8 Å². The summed E-state index contributed by atoms with van der Waals surface area (Å²) in [6.45, 7) is 2.89. The number of carbonyl (C=O) groups excluding carboxylic acids is 1. The fourth-order valence-electron chi connectivity index (χ4n) is 2.05. The lowest BCUT2D eigenvalue weighted by Gasteiger charge is -2.28. The standard InChI is InChI=1S/C14H21N3O3/c1-17(10-13-9-15-6-7-20-13)14(18)16-11-4-3-5-12(8-11)19-2/h3-5,8,13,15H,6-7,9-10H2,1-2H3,(H,16,18). The lowest BCUT2D eigenvalue weighted by atomic mass is 10.3.